The summed E-state index contributed by atoms with van der Waals surface area (Å²) in [5, 5.41) is 0. The first kappa shape index (κ1) is 77.2. The van der Waals surface area contributed by atoms with Crippen molar-refractivity contribution in [2.24, 2.45) is 0 Å². The molecule has 0 N–H and O–H groups in total. The number of rotatable bonds is 39. The molecule has 0 unspecified atom stereocenters. The molecule has 0 amide bonds. The minimum atomic E-state index is -4.93. The van der Waals surface area contributed by atoms with Crippen molar-refractivity contribution in [2.45, 2.75) is 0 Å². The van der Waals surface area contributed by atoms with Crippen LogP contribution in [0, 0.1) is 0 Å². The second kappa shape index (κ2) is 36.5. The standard InChI is InChI=1S/C81H72N6O18P6/c88-106(94-67-37-13-1-14-38-67,95-68-39-15-2-16-40-68)61-85(62-107(89,96-69-41-17-3-18-42-69)97-70-43-19-4-20-44-70)79-82-80(86(63-108(90,98-71-45-21-5-22-46-71)99-72-47-23-6-24-48-72)64-109(91,100-73-49-25-7-26-50-73)101-74-51-27-8-28-52-74)84-81(83-79)87(65-110(92,102-75-53-29-9-30-54-75)103-76-55-31-10-32-56-76)66-111(93,104-77-57-33-11-34-58-77)105-78-59-35-12-36-60-78/h1-60H,61-66H2. The molecule has 0 spiro atoms. The topological polar surface area (TPSA) is 262 Å². The van der Waals surface area contributed by atoms with Gasteiger partial charge in [-0.05, 0) is 146 Å². The summed E-state index contributed by atoms with van der Waals surface area (Å²) in [6, 6.07) is 97.3. The van der Waals surface area contributed by atoms with E-state index in [4.69, 9.17) is 69.2 Å². The Morgan fingerprint density at radius 2 is 0.252 bits per heavy atom. The summed E-state index contributed by atoms with van der Waals surface area (Å²) < 4.78 is 178. The molecular weight excluding hydrogens is 1530 g/mol. The maximum Gasteiger partial charge on any atom is 0.450 e. The smallest absolute Gasteiger partial charge is 0.415 e. The zero-order chi connectivity index (χ0) is 76.7. The first-order chi connectivity index (χ1) is 54.0. The van der Waals surface area contributed by atoms with Gasteiger partial charge in [-0.1, -0.05) is 218 Å². The predicted molar refractivity (Wildman–Crippen MR) is 427 cm³/mol. The number of nitrogens with zero attached hydrogens (tertiary/aromatic N) is 6. The Kier molecular flexibility index (Phi) is 25.4. The van der Waals surface area contributed by atoms with E-state index in [2.05, 4.69) is 0 Å². The second-order valence-corrected chi connectivity index (χ2v) is 35.4. The Balaban J connectivity index is 1.11. The van der Waals surface area contributed by atoms with Crippen LogP contribution in [0.25, 0.3) is 0 Å². The molecule has 0 saturated heterocycles. The van der Waals surface area contributed by atoms with Crippen molar-refractivity contribution in [3.63, 3.8) is 0 Å². The molecule has 24 nitrogen and oxygen atoms in total. The molecule has 13 rings (SSSR count). The van der Waals surface area contributed by atoms with Crippen molar-refractivity contribution in [3.8, 4) is 69.0 Å². The van der Waals surface area contributed by atoms with Gasteiger partial charge in [0.25, 0.3) is 0 Å². The lowest BCUT2D eigenvalue weighted by atomic mass is 10.3. The molecule has 0 aliphatic carbocycles. The fourth-order valence-electron chi connectivity index (χ4n) is 10.7. The Hall–Kier alpha value is -12.0. The Morgan fingerprint density at radius 3 is 0.342 bits per heavy atom. The van der Waals surface area contributed by atoms with Gasteiger partial charge in [-0.25, -0.2) is 27.4 Å². The van der Waals surface area contributed by atoms with E-state index in [0.717, 1.165) is 14.7 Å². The molecule has 0 aliphatic heterocycles. The highest BCUT2D eigenvalue weighted by molar-refractivity contribution is 7.57. The highest BCUT2D eigenvalue weighted by Gasteiger charge is 2.46. The fourth-order valence-corrected chi connectivity index (χ4v) is 21.3. The first-order valence-corrected chi connectivity index (χ1v) is 44.8. The van der Waals surface area contributed by atoms with Gasteiger partial charge in [-0.15, -0.1) is 0 Å². The van der Waals surface area contributed by atoms with Gasteiger partial charge in [-0.3, -0.25) is 0 Å². The highest BCUT2D eigenvalue weighted by atomic mass is 31.2. The molecule has 0 radical (unpaired) electrons. The molecule has 111 heavy (non-hydrogen) atoms. The van der Waals surface area contributed by atoms with Gasteiger partial charge in [0.15, 0.2) is 0 Å². The molecule has 0 atom stereocenters. The summed E-state index contributed by atoms with van der Waals surface area (Å²) in [7, 11) is -29.6. The number of hydrogen-bond acceptors (Lipinski definition) is 24. The largest absolute Gasteiger partial charge is 0.450 e. The zero-order valence-corrected chi connectivity index (χ0v) is 64.5. The molecule has 30 heteroatoms. The third-order valence-corrected chi connectivity index (χ3v) is 25.4. The SMILES string of the molecule is O=P(CN(CP(=O)(Oc1ccccc1)Oc1ccccc1)c1nc(N(CP(=O)(Oc2ccccc2)Oc2ccccc2)CP(=O)(Oc2ccccc2)Oc2ccccc2)nc(N(CP(=O)(Oc2ccccc2)Oc2ccccc2)CP(=O)(Oc2ccccc2)Oc2ccccc2)n1)(Oc1ccccc1)Oc1ccccc1. The van der Waals surface area contributed by atoms with Gasteiger partial charge in [0.05, 0.1) is 0 Å². The van der Waals surface area contributed by atoms with E-state index in [1.165, 1.54) is 0 Å². The van der Waals surface area contributed by atoms with E-state index in [9.17, 15) is 0 Å². The minimum Gasteiger partial charge on any atom is -0.415 e. The second-order valence-electron chi connectivity index (χ2n) is 24.2. The van der Waals surface area contributed by atoms with Crippen molar-refractivity contribution >= 4 is 63.4 Å². The maximum absolute atomic E-state index is 16.7. The Labute approximate surface area is 641 Å². The average Bonchev–Trinajstić information content (AvgIpc) is 0.770. The summed E-state index contributed by atoms with van der Waals surface area (Å²) in [5.41, 5.74) is 0. The van der Waals surface area contributed by atoms with Crippen LogP contribution in [0.4, 0.5) is 17.8 Å². The van der Waals surface area contributed by atoms with Crippen LogP contribution in [0.1, 0.15) is 0 Å². The van der Waals surface area contributed by atoms with E-state index in [0.29, 0.717) is 0 Å². The van der Waals surface area contributed by atoms with E-state index in [1.54, 1.807) is 364 Å². The van der Waals surface area contributed by atoms with Gasteiger partial charge < -0.3 is 69.0 Å². The molecule has 0 fully saturated rings. The van der Waals surface area contributed by atoms with Crippen molar-refractivity contribution < 1.29 is 81.7 Å². The molecule has 564 valence electrons. The molecule has 1 heterocycles. The maximum atomic E-state index is 16.7. The quantitative estimate of drug-likeness (QED) is 0.0324. The van der Waals surface area contributed by atoms with Gasteiger partial charge in [0, 0.05) is 0 Å². The Morgan fingerprint density at radius 1 is 0.162 bits per heavy atom. The summed E-state index contributed by atoms with van der Waals surface area (Å²) >= 11 is 0. The first-order valence-electron chi connectivity index (χ1n) is 34.5. The third kappa shape index (κ3) is 23.1. The van der Waals surface area contributed by atoms with Crippen LogP contribution < -0.4 is 69.0 Å². The van der Waals surface area contributed by atoms with Crippen LogP contribution in [0.15, 0.2) is 364 Å². The summed E-state index contributed by atoms with van der Waals surface area (Å²) in [6.45, 7) is 0. The van der Waals surface area contributed by atoms with Crippen molar-refractivity contribution in [2.75, 3.05) is 52.4 Å². The monoisotopic (exact) mass is 1600 g/mol. The highest BCUT2D eigenvalue weighted by Crippen LogP contribution is 2.59. The minimum absolute atomic E-state index is 0.0516. The van der Waals surface area contributed by atoms with Gasteiger partial charge in [0.2, 0.25) is 17.8 Å². The van der Waals surface area contributed by atoms with Crippen molar-refractivity contribution in [1.82, 2.24) is 15.0 Å². The van der Waals surface area contributed by atoms with Gasteiger partial charge >= 0.3 is 45.6 Å². The number of hydrogen-bond donors (Lipinski definition) is 0. The number of aromatic nitrogens is 3. The third-order valence-electron chi connectivity index (χ3n) is 15.4. The average molecular weight is 1600 g/mol. The molecule has 13 aromatic rings. The number of benzene rings is 12. The van der Waals surface area contributed by atoms with Gasteiger partial charge in [-0.2, -0.15) is 15.0 Å². The lowest BCUT2D eigenvalue weighted by molar-refractivity contribution is 0.376. The van der Waals surface area contributed by atoms with E-state index in [-0.39, 0.29) is 69.0 Å². The molecule has 0 bridgehead atoms. The van der Waals surface area contributed by atoms with Gasteiger partial charge in [0.1, 0.15) is 107 Å². The number of anilines is 3. The molecule has 0 aliphatic rings. The summed E-state index contributed by atoms with van der Waals surface area (Å²) in [6.07, 6.45) is -5.92. The van der Waals surface area contributed by atoms with E-state index >= 15 is 27.4 Å². The van der Waals surface area contributed by atoms with E-state index in [1.807, 2.05) is 0 Å². The summed E-state index contributed by atoms with van der Waals surface area (Å²) in [5.74, 6) is -1.33. The lowest BCUT2D eigenvalue weighted by Crippen LogP contribution is -2.37. The molecule has 0 saturated carbocycles. The predicted octanol–water partition coefficient (Wildman–Crippen LogP) is 22.1. The van der Waals surface area contributed by atoms with Crippen LogP contribution >= 0.6 is 45.6 Å². The van der Waals surface area contributed by atoms with Crippen molar-refractivity contribution in [3.05, 3.63) is 364 Å². The van der Waals surface area contributed by atoms with Crippen molar-refractivity contribution in [1.29, 1.82) is 0 Å². The van der Waals surface area contributed by atoms with Crippen LogP contribution in [-0.4, -0.2) is 52.7 Å². The molecular formula is C81H72N6O18P6. The normalized spacial score (nSPS) is 11.7. The zero-order valence-electron chi connectivity index (χ0n) is 59.1. The number of para-hydroxylation sites is 12. The van der Waals surface area contributed by atoms with Crippen LogP contribution in [0.3, 0.4) is 0 Å². The molecule has 1 aromatic heterocycles. The van der Waals surface area contributed by atoms with Crippen LogP contribution in [0.2, 0.25) is 0 Å². The summed E-state index contributed by atoms with van der Waals surface area (Å²) in [4.78, 5) is 18.9. The fraction of sp³-hybridized carbons (Fsp3) is 0.0741. The van der Waals surface area contributed by atoms with Crippen LogP contribution in [-0.2, 0) is 27.4 Å². The molecule has 12 aromatic carbocycles. The van der Waals surface area contributed by atoms with Crippen LogP contribution in [0.5, 0.6) is 69.0 Å². The Bertz CT molecular complexity index is 4260. The lowest BCUT2D eigenvalue weighted by Gasteiger charge is -2.34. The van der Waals surface area contributed by atoms with E-state index < -0.39 is 101 Å².